The van der Waals surface area contributed by atoms with Crippen molar-refractivity contribution in [1.82, 2.24) is 10.6 Å². The van der Waals surface area contributed by atoms with E-state index >= 15 is 0 Å². The van der Waals surface area contributed by atoms with Gasteiger partial charge in [0, 0.05) is 10.9 Å². The zero-order chi connectivity index (χ0) is 22.2. The third-order valence-corrected chi connectivity index (χ3v) is 4.78. The van der Waals surface area contributed by atoms with Crippen molar-refractivity contribution in [2.45, 2.75) is 12.5 Å². The third-order valence-electron chi connectivity index (χ3n) is 4.28. The number of rotatable bonds is 8. The number of furan rings is 1. The van der Waals surface area contributed by atoms with Crippen molar-refractivity contribution in [3.8, 4) is 0 Å². The first-order chi connectivity index (χ1) is 14.9. The van der Waals surface area contributed by atoms with E-state index in [1.54, 1.807) is 48.5 Å². The lowest BCUT2D eigenvalue weighted by atomic mass is 10.1. The van der Waals surface area contributed by atoms with Gasteiger partial charge in [-0.2, -0.15) is 0 Å². The van der Waals surface area contributed by atoms with E-state index in [2.05, 4.69) is 26.6 Å². The minimum Gasteiger partial charge on any atom is -0.480 e. The lowest BCUT2D eigenvalue weighted by Crippen LogP contribution is -2.45. The largest absolute Gasteiger partial charge is 0.480 e. The maximum Gasteiger partial charge on any atom is 0.326 e. The van der Waals surface area contributed by atoms with Gasteiger partial charge in [0.05, 0.1) is 6.26 Å². The molecule has 0 saturated heterocycles. The van der Waals surface area contributed by atoms with Crippen molar-refractivity contribution in [2.75, 3.05) is 0 Å². The molecule has 3 N–H and O–H groups in total. The number of carboxylic acid groups (broad SMARTS) is 1. The van der Waals surface area contributed by atoms with E-state index in [1.807, 2.05) is 12.1 Å². The summed E-state index contributed by atoms with van der Waals surface area (Å²) in [6, 6.07) is 17.9. The minimum absolute atomic E-state index is 0.0204. The lowest BCUT2D eigenvalue weighted by molar-refractivity contribution is -0.141. The van der Waals surface area contributed by atoms with Crippen LogP contribution in [-0.2, 0) is 16.0 Å². The van der Waals surface area contributed by atoms with Gasteiger partial charge >= 0.3 is 5.97 Å². The van der Waals surface area contributed by atoms with Gasteiger partial charge in [-0.1, -0.05) is 58.4 Å². The second kappa shape index (κ2) is 10.4. The lowest BCUT2D eigenvalue weighted by Gasteiger charge is -2.16. The number of carbonyl (C=O) groups excluding carboxylic acids is 2. The van der Waals surface area contributed by atoms with E-state index in [0.29, 0.717) is 5.56 Å². The molecular weight excluding hydrogens is 464 g/mol. The molecule has 1 aromatic heterocycles. The van der Waals surface area contributed by atoms with E-state index in [9.17, 15) is 19.5 Å². The summed E-state index contributed by atoms with van der Waals surface area (Å²) in [4.78, 5) is 37.1. The van der Waals surface area contributed by atoms with Crippen LogP contribution >= 0.6 is 15.9 Å². The number of benzene rings is 2. The summed E-state index contributed by atoms with van der Waals surface area (Å²) >= 11 is 3.36. The average molecular weight is 483 g/mol. The van der Waals surface area contributed by atoms with Gasteiger partial charge in [0.25, 0.3) is 11.8 Å². The number of amides is 2. The van der Waals surface area contributed by atoms with Crippen LogP contribution in [0.4, 0.5) is 0 Å². The van der Waals surface area contributed by atoms with Crippen LogP contribution in [0.2, 0.25) is 0 Å². The first kappa shape index (κ1) is 22.0. The molecule has 0 aliphatic carbocycles. The molecule has 7 nitrogen and oxygen atoms in total. The standard InChI is InChI=1S/C23H19BrN2O5/c24-17-9-4-8-16(12-17)14-18(25-22(28)20-10-5-11-31-20)21(27)26-19(23(29)30)13-15-6-2-1-3-7-15/h1-12,14,19H,13H2,(H,25,28)(H,26,27)(H,29,30)/b18-14+/t19-/m1/s1. The highest BCUT2D eigenvalue weighted by molar-refractivity contribution is 9.10. The van der Waals surface area contributed by atoms with Crippen molar-refractivity contribution in [3.05, 3.63) is 100 Å². The highest BCUT2D eigenvalue weighted by Gasteiger charge is 2.24. The van der Waals surface area contributed by atoms with Crippen molar-refractivity contribution in [3.63, 3.8) is 0 Å². The summed E-state index contributed by atoms with van der Waals surface area (Å²) in [5, 5.41) is 14.6. The number of carboxylic acids is 1. The SMILES string of the molecule is O=C(N[C@H](Cc1ccccc1)C(=O)O)/C(=C\c1cccc(Br)c1)NC(=O)c1ccco1. The monoisotopic (exact) mass is 482 g/mol. The van der Waals surface area contributed by atoms with Crippen LogP contribution < -0.4 is 10.6 Å². The van der Waals surface area contributed by atoms with Gasteiger partial charge in [0.2, 0.25) is 0 Å². The Morgan fingerprint density at radius 2 is 1.81 bits per heavy atom. The third kappa shape index (κ3) is 6.42. The molecule has 0 unspecified atom stereocenters. The summed E-state index contributed by atoms with van der Waals surface area (Å²) in [6.07, 6.45) is 2.90. The molecule has 3 aromatic rings. The number of hydrogen-bond acceptors (Lipinski definition) is 4. The van der Waals surface area contributed by atoms with Crippen molar-refractivity contribution in [2.24, 2.45) is 0 Å². The maximum absolute atomic E-state index is 12.9. The Morgan fingerprint density at radius 1 is 1.03 bits per heavy atom. The van der Waals surface area contributed by atoms with Crippen LogP contribution in [0, 0.1) is 0 Å². The Balaban J connectivity index is 1.85. The van der Waals surface area contributed by atoms with Crippen LogP contribution in [-0.4, -0.2) is 28.9 Å². The van der Waals surface area contributed by atoms with E-state index in [0.717, 1.165) is 10.0 Å². The molecule has 8 heteroatoms. The Labute approximate surface area is 186 Å². The molecule has 0 aliphatic heterocycles. The summed E-state index contributed by atoms with van der Waals surface area (Å²) in [5.41, 5.74) is 1.28. The topological polar surface area (TPSA) is 109 Å². The first-order valence-corrected chi connectivity index (χ1v) is 10.1. The smallest absolute Gasteiger partial charge is 0.326 e. The van der Waals surface area contributed by atoms with Crippen molar-refractivity contribution in [1.29, 1.82) is 0 Å². The van der Waals surface area contributed by atoms with E-state index < -0.39 is 23.8 Å². The second-order valence-electron chi connectivity index (χ2n) is 6.60. The maximum atomic E-state index is 12.9. The fourth-order valence-corrected chi connectivity index (χ4v) is 3.22. The van der Waals surface area contributed by atoms with Gasteiger partial charge in [-0.25, -0.2) is 4.79 Å². The fourth-order valence-electron chi connectivity index (χ4n) is 2.80. The molecule has 0 bridgehead atoms. The molecule has 0 spiro atoms. The van der Waals surface area contributed by atoms with Crippen molar-refractivity contribution >= 4 is 39.8 Å². The molecule has 158 valence electrons. The average Bonchev–Trinajstić information content (AvgIpc) is 3.28. The van der Waals surface area contributed by atoms with Gasteiger partial charge in [-0.05, 0) is 41.5 Å². The fraction of sp³-hybridized carbons (Fsp3) is 0.0870. The summed E-state index contributed by atoms with van der Waals surface area (Å²) in [7, 11) is 0. The zero-order valence-corrected chi connectivity index (χ0v) is 17.8. The number of halogens is 1. The van der Waals surface area contributed by atoms with E-state index in [4.69, 9.17) is 4.42 Å². The second-order valence-corrected chi connectivity index (χ2v) is 7.51. The molecule has 2 amide bonds. The Kier molecular flexibility index (Phi) is 7.40. The predicted molar refractivity (Wildman–Crippen MR) is 118 cm³/mol. The predicted octanol–water partition coefficient (Wildman–Crippen LogP) is 3.63. The molecule has 31 heavy (non-hydrogen) atoms. The Bertz CT molecular complexity index is 1090. The van der Waals surface area contributed by atoms with Crippen LogP contribution in [0.5, 0.6) is 0 Å². The molecule has 1 atom stereocenters. The van der Waals surface area contributed by atoms with Gasteiger partial charge < -0.3 is 20.2 Å². The van der Waals surface area contributed by atoms with Crippen LogP contribution in [0.1, 0.15) is 21.7 Å². The normalized spacial score (nSPS) is 12.1. The quantitative estimate of drug-likeness (QED) is 0.424. The molecule has 0 radical (unpaired) electrons. The van der Waals surface area contributed by atoms with Gasteiger partial charge in [-0.3, -0.25) is 9.59 Å². The first-order valence-electron chi connectivity index (χ1n) is 9.32. The van der Waals surface area contributed by atoms with Crippen LogP contribution in [0.3, 0.4) is 0 Å². The number of aliphatic carboxylic acids is 1. The van der Waals surface area contributed by atoms with Gasteiger partial charge in [0.1, 0.15) is 11.7 Å². The zero-order valence-electron chi connectivity index (χ0n) is 16.2. The van der Waals surface area contributed by atoms with Crippen molar-refractivity contribution < 1.29 is 23.9 Å². The number of nitrogens with one attached hydrogen (secondary N) is 2. The highest BCUT2D eigenvalue weighted by atomic mass is 79.9. The van der Waals surface area contributed by atoms with Crippen LogP contribution in [0.15, 0.2) is 87.6 Å². The summed E-state index contributed by atoms with van der Waals surface area (Å²) in [6.45, 7) is 0. The molecule has 2 aromatic carbocycles. The number of hydrogen-bond donors (Lipinski definition) is 3. The molecule has 1 heterocycles. The highest BCUT2D eigenvalue weighted by Crippen LogP contribution is 2.15. The van der Waals surface area contributed by atoms with Gasteiger partial charge in [-0.15, -0.1) is 0 Å². The Hall–Kier alpha value is -3.65. The Morgan fingerprint density at radius 3 is 2.45 bits per heavy atom. The van der Waals surface area contributed by atoms with E-state index in [-0.39, 0.29) is 17.9 Å². The van der Waals surface area contributed by atoms with Gasteiger partial charge in [0.15, 0.2) is 5.76 Å². The summed E-state index contributed by atoms with van der Waals surface area (Å²) in [5.74, 6) is -2.53. The minimum atomic E-state index is -1.18. The van der Waals surface area contributed by atoms with Crippen LogP contribution in [0.25, 0.3) is 6.08 Å². The molecule has 0 aliphatic rings. The summed E-state index contributed by atoms with van der Waals surface area (Å²) < 4.78 is 5.85. The molecule has 3 rings (SSSR count). The molecular formula is C23H19BrN2O5. The number of carbonyl (C=O) groups is 3. The molecule has 0 saturated carbocycles. The molecule has 0 fully saturated rings. The van der Waals surface area contributed by atoms with E-state index in [1.165, 1.54) is 18.4 Å².